The molecule has 0 saturated carbocycles. The Morgan fingerprint density at radius 3 is 2.13 bits per heavy atom. The zero-order chi connectivity index (χ0) is 27.8. The Labute approximate surface area is 211 Å². The molecule has 0 aliphatic heterocycles. The van der Waals surface area contributed by atoms with Crippen molar-refractivity contribution in [3.63, 3.8) is 0 Å². The van der Waals surface area contributed by atoms with Gasteiger partial charge in [-0.1, -0.05) is 12.1 Å². The number of aliphatic hydroxyl groups excluding tert-OH is 1. The first-order valence-electron chi connectivity index (χ1n) is 10.2. The van der Waals surface area contributed by atoms with Crippen molar-refractivity contribution in [3.05, 3.63) is 96.6 Å². The number of benzene rings is 3. The Morgan fingerprint density at radius 2 is 1.53 bits per heavy atom. The molecular weight excluding hydrogens is 530 g/mol. The van der Waals surface area contributed by atoms with Crippen LogP contribution in [0.3, 0.4) is 0 Å². The molecule has 3 aromatic carbocycles. The second-order valence-corrected chi connectivity index (χ2v) is 8.88. The highest BCUT2D eigenvalue weighted by Gasteiger charge is 2.34. The molecule has 17 nitrogen and oxygen atoms in total. The van der Waals surface area contributed by atoms with Crippen molar-refractivity contribution in [2.24, 2.45) is 0 Å². The van der Waals surface area contributed by atoms with E-state index in [1.807, 2.05) is 0 Å². The predicted octanol–water partition coefficient (Wildman–Crippen LogP) is 1.67. The highest BCUT2D eigenvalue weighted by atomic mass is 32.2. The lowest BCUT2D eigenvalue weighted by Crippen LogP contribution is -2.44. The molecule has 0 fully saturated rings. The molecular formula is C20H14N7O10S+. The maximum absolute atomic E-state index is 11.9. The van der Waals surface area contributed by atoms with E-state index in [-0.39, 0.29) is 34.0 Å². The molecule has 1 heterocycles. The van der Waals surface area contributed by atoms with Crippen LogP contribution < -0.4 is 4.80 Å². The molecule has 0 aliphatic carbocycles. The highest BCUT2D eigenvalue weighted by Crippen LogP contribution is 2.28. The summed E-state index contributed by atoms with van der Waals surface area (Å²) in [7, 11) is -4.78. The molecule has 194 valence electrons. The zero-order valence-corrected chi connectivity index (χ0v) is 19.5. The summed E-state index contributed by atoms with van der Waals surface area (Å²) >= 11 is 0. The number of aliphatic hydroxyl groups is 1. The van der Waals surface area contributed by atoms with E-state index in [4.69, 9.17) is 0 Å². The quantitative estimate of drug-likeness (QED) is 0.139. The zero-order valence-electron chi connectivity index (χ0n) is 18.7. The van der Waals surface area contributed by atoms with Gasteiger partial charge >= 0.3 is 11.5 Å². The smallest absolute Gasteiger partial charge is 0.341 e. The van der Waals surface area contributed by atoms with Crippen molar-refractivity contribution in [1.82, 2.24) is 15.0 Å². The first kappa shape index (κ1) is 25.9. The van der Waals surface area contributed by atoms with Crippen molar-refractivity contribution < 1.29 is 37.6 Å². The highest BCUT2D eigenvalue weighted by molar-refractivity contribution is 7.86. The van der Waals surface area contributed by atoms with Crippen molar-refractivity contribution >= 4 is 27.2 Å². The van der Waals surface area contributed by atoms with E-state index < -0.39 is 47.8 Å². The lowest BCUT2D eigenvalue weighted by Gasteiger charge is -2.05. The van der Waals surface area contributed by atoms with Gasteiger partial charge in [0.2, 0.25) is 0 Å². The first-order chi connectivity index (χ1) is 17.9. The fraction of sp³-hybridized carbons (Fsp3) is 0.0500. The third kappa shape index (κ3) is 4.76. The average Bonchev–Trinajstić information content (AvgIpc) is 3.32. The first-order valence-corrected chi connectivity index (χ1v) is 11.6. The van der Waals surface area contributed by atoms with Crippen LogP contribution in [0.2, 0.25) is 0 Å². The summed E-state index contributed by atoms with van der Waals surface area (Å²) in [6, 6.07) is 10.9. The molecule has 4 aromatic rings. The number of nitrogens with zero attached hydrogens (tertiary/aromatic N) is 7. The fourth-order valence-corrected chi connectivity index (χ4v) is 4.22. The van der Waals surface area contributed by atoms with Gasteiger partial charge in [0.1, 0.15) is 10.6 Å². The Morgan fingerprint density at radius 1 is 0.895 bits per heavy atom. The Hall–Kier alpha value is -5.20. The number of hydrogen-bond acceptors (Lipinski definition) is 11. The second kappa shape index (κ2) is 9.69. The van der Waals surface area contributed by atoms with Crippen LogP contribution in [0.5, 0.6) is 0 Å². The van der Waals surface area contributed by atoms with Gasteiger partial charge in [0.05, 0.1) is 38.1 Å². The molecule has 0 atom stereocenters. The minimum Gasteiger partial charge on any atom is -0.392 e. The van der Waals surface area contributed by atoms with Gasteiger partial charge in [0.25, 0.3) is 27.2 Å². The van der Waals surface area contributed by atoms with Gasteiger partial charge in [-0.15, -0.1) is 0 Å². The monoisotopic (exact) mass is 544 g/mol. The molecule has 0 amide bonds. The van der Waals surface area contributed by atoms with E-state index in [0.29, 0.717) is 6.07 Å². The second-order valence-electron chi connectivity index (χ2n) is 7.49. The molecule has 0 spiro atoms. The van der Waals surface area contributed by atoms with Crippen molar-refractivity contribution in [2.45, 2.75) is 11.5 Å². The Bertz CT molecular complexity index is 1740. The summed E-state index contributed by atoms with van der Waals surface area (Å²) < 4.78 is 33.5. The van der Waals surface area contributed by atoms with Crippen LogP contribution in [-0.4, -0.2) is 47.8 Å². The number of tetrazole rings is 1. The van der Waals surface area contributed by atoms with E-state index in [1.54, 1.807) is 0 Å². The maximum atomic E-state index is 11.9. The normalized spacial score (nSPS) is 11.3. The van der Waals surface area contributed by atoms with Crippen LogP contribution in [-0.2, 0) is 16.7 Å². The number of aromatic nitrogens is 4. The lowest BCUT2D eigenvalue weighted by molar-refractivity contribution is -0.736. The summed E-state index contributed by atoms with van der Waals surface area (Å²) in [5, 5.41) is 52.4. The van der Waals surface area contributed by atoms with Crippen LogP contribution in [0.25, 0.3) is 22.8 Å². The van der Waals surface area contributed by atoms with E-state index in [0.717, 1.165) is 39.9 Å². The van der Waals surface area contributed by atoms with Crippen molar-refractivity contribution in [3.8, 4) is 22.8 Å². The minimum atomic E-state index is -4.78. The van der Waals surface area contributed by atoms with Crippen LogP contribution in [0.1, 0.15) is 5.56 Å². The summed E-state index contributed by atoms with van der Waals surface area (Å²) in [6.07, 6.45) is 0. The summed E-state index contributed by atoms with van der Waals surface area (Å²) in [5.74, 6) is -0.367. The molecule has 0 bridgehead atoms. The molecule has 0 radical (unpaired) electrons. The van der Waals surface area contributed by atoms with Crippen molar-refractivity contribution in [1.29, 1.82) is 0 Å². The maximum Gasteiger partial charge on any atom is 0.341 e. The van der Waals surface area contributed by atoms with Gasteiger partial charge in [-0.2, -0.15) is 8.42 Å². The molecule has 4 rings (SSSR count). The van der Waals surface area contributed by atoms with Gasteiger partial charge in [0, 0.05) is 34.6 Å². The third-order valence-corrected chi connectivity index (χ3v) is 6.12. The number of hydrogen-bond donors (Lipinski definition) is 2. The third-order valence-electron chi connectivity index (χ3n) is 5.21. The van der Waals surface area contributed by atoms with Crippen molar-refractivity contribution in [2.75, 3.05) is 0 Å². The molecule has 1 aromatic heterocycles. The average molecular weight is 544 g/mol. The van der Waals surface area contributed by atoms with Gasteiger partial charge in [-0.25, -0.2) is 0 Å². The summed E-state index contributed by atoms with van der Waals surface area (Å²) in [5.41, 5.74) is -2.44. The van der Waals surface area contributed by atoms with E-state index >= 15 is 0 Å². The molecule has 0 aliphatic rings. The standard InChI is InChI=1S/C20H13N7O10S/c28-11-12-9-13(25(29)30)5-7-16(12)23-21-20(15-3-1-2-4-19(15)38(35,36)37)22-24(23)17-8-6-14(26(31)32)10-18(17)27(33)34/h1-10,28H,11H2/p+1. The largest absolute Gasteiger partial charge is 0.392 e. The van der Waals surface area contributed by atoms with Gasteiger partial charge < -0.3 is 5.11 Å². The lowest BCUT2D eigenvalue weighted by atomic mass is 10.1. The number of rotatable bonds is 8. The van der Waals surface area contributed by atoms with Gasteiger partial charge in [0.15, 0.2) is 0 Å². The van der Waals surface area contributed by atoms with Gasteiger partial charge in [-0.3, -0.25) is 34.9 Å². The molecule has 2 N–H and O–H groups in total. The summed E-state index contributed by atoms with van der Waals surface area (Å²) in [4.78, 5) is 32.8. The van der Waals surface area contributed by atoms with E-state index in [9.17, 15) is 48.4 Å². The topological polar surface area (TPSA) is 239 Å². The Kier molecular flexibility index (Phi) is 6.60. The summed E-state index contributed by atoms with van der Waals surface area (Å²) in [6.45, 7) is -0.740. The predicted molar refractivity (Wildman–Crippen MR) is 124 cm³/mol. The molecule has 18 heteroatoms. The van der Waals surface area contributed by atoms with Crippen LogP contribution >= 0.6 is 0 Å². The fourth-order valence-electron chi connectivity index (χ4n) is 3.53. The molecule has 38 heavy (non-hydrogen) atoms. The van der Waals surface area contributed by atoms with E-state index in [1.165, 1.54) is 24.3 Å². The molecule has 0 saturated heterocycles. The minimum absolute atomic E-state index is 0.0474. The Balaban J connectivity index is 2.08. The van der Waals surface area contributed by atoms with E-state index in [2.05, 4.69) is 10.2 Å². The SMILES string of the molecule is O=[N+]([O-])c1ccc(-n2nc(-c3ccccc3S(=O)(=O)O)n[n+]2-c2ccc([N+](=O)[O-])cc2[N+](=O)[O-])c(CO)c1. The van der Waals surface area contributed by atoms with Gasteiger partial charge in [-0.05, 0) is 28.1 Å². The number of nitro groups is 3. The van der Waals surface area contributed by atoms with Crippen LogP contribution in [0, 0.1) is 30.3 Å². The molecule has 0 unspecified atom stereocenters. The van der Waals surface area contributed by atoms with Crippen LogP contribution in [0.15, 0.2) is 65.6 Å². The van der Waals surface area contributed by atoms with Crippen LogP contribution in [0.4, 0.5) is 17.1 Å². The number of non-ortho nitro benzene ring substituents is 2. The number of nitro benzene ring substituents is 3.